The molecule has 4 rings (SSSR count). The van der Waals surface area contributed by atoms with Crippen LogP contribution in [0.4, 0.5) is 18.9 Å². The van der Waals surface area contributed by atoms with E-state index in [4.69, 9.17) is 0 Å². The van der Waals surface area contributed by atoms with E-state index in [1.165, 1.54) is 12.4 Å². The lowest BCUT2D eigenvalue weighted by atomic mass is 9.89. The summed E-state index contributed by atoms with van der Waals surface area (Å²) in [6, 6.07) is 9.49. The van der Waals surface area contributed by atoms with E-state index in [1.54, 1.807) is 49.4 Å². The number of hydrogen-bond acceptors (Lipinski definition) is 5. The van der Waals surface area contributed by atoms with Crippen LogP contribution in [-0.2, 0) is 9.59 Å². The molecule has 3 heterocycles. The van der Waals surface area contributed by atoms with Crippen molar-refractivity contribution < 1.29 is 22.8 Å². The van der Waals surface area contributed by atoms with Gasteiger partial charge in [-0.1, -0.05) is 30.3 Å². The summed E-state index contributed by atoms with van der Waals surface area (Å²) in [6.45, 7) is 1.59. The largest absolute Gasteiger partial charge is 0.406 e. The summed E-state index contributed by atoms with van der Waals surface area (Å²) in [5, 5.41) is 6.61. The number of hydrazine groups is 1. The number of anilines is 1. The molecule has 2 amide bonds. The Hall–Kier alpha value is -3.40. The van der Waals surface area contributed by atoms with Gasteiger partial charge in [0.15, 0.2) is 0 Å². The SMILES string of the molecule is CC1=C(CC(=O)Nc2ccncc2)C(=O)N2NC(C(F)(F)F)C(c3ccccc3)C2N1. The Morgan fingerprint density at radius 1 is 1.16 bits per heavy atom. The lowest BCUT2D eigenvalue weighted by Crippen LogP contribution is -2.55. The number of alkyl halides is 3. The van der Waals surface area contributed by atoms with Gasteiger partial charge in [-0.2, -0.15) is 13.2 Å². The zero-order chi connectivity index (χ0) is 22.2. The lowest BCUT2D eigenvalue weighted by molar-refractivity contribution is -0.161. The molecule has 3 unspecified atom stereocenters. The summed E-state index contributed by atoms with van der Waals surface area (Å²) in [5.74, 6) is -2.16. The van der Waals surface area contributed by atoms with Crippen molar-refractivity contribution in [2.75, 3.05) is 5.32 Å². The van der Waals surface area contributed by atoms with Crippen LogP contribution in [0.15, 0.2) is 66.1 Å². The minimum atomic E-state index is -4.58. The van der Waals surface area contributed by atoms with Gasteiger partial charge >= 0.3 is 6.18 Å². The summed E-state index contributed by atoms with van der Waals surface area (Å²) in [5.41, 5.74) is 3.77. The van der Waals surface area contributed by atoms with Crippen molar-refractivity contribution in [2.45, 2.75) is 37.6 Å². The Balaban J connectivity index is 1.59. The van der Waals surface area contributed by atoms with Crippen LogP contribution in [0.25, 0.3) is 0 Å². The van der Waals surface area contributed by atoms with E-state index in [-0.39, 0.29) is 12.0 Å². The van der Waals surface area contributed by atoms with E-state index in [9.17, 15) is 22.8 Å². The van der Waals surface area contributed by atoms with Crippen molar-refractivity contribution in [2.24, 2.45) is 0 Å². The van der Waals surface area contributed by atoms with Crippen molar-refractivity contribution in [3.8, 4) is 0 Å². The van der Waals surface area contributed by atoms with Gasteiger partial charge in [-0.15, -0.1) is 0 Å². The zero-order valence-corrected chi connectivity index (χ0v) is 16.5. The maximum atomic E-state index is 13.8. The molecule has 1 aromatic carbocycles. The topological polar surface area (TPSA) is 86.4 Å². The maximum Gasteiger partial charge on any atom is 0.406 e. The molecular weight excluding hydrogens is 411 g/mol. The van der Waals surface area contributed by atoms with Crippen LogP contribution in [0.3, 0.4) is 0 Å². The van der Waals surface area contributed by atoms with Gasteiger partial charge in [0.2, 0.25) is 5.91 Å². The predicted octanol–water partition coefficient (Wildman–Crippen LogP) is 2.68. The Labute approximate surface area is 176 Å². The van der Waals surface area contributed by atoms with E-state index in [2.05, 4.69) is 21.0 Å². The summed E-state index contributed by atoms with van der Waals surface area (Å²) >= 11 is 0. The molecule has 0 spiro atoms. The summed E-state index contributed by atoms with van der Waals surface area (Å²) in [7, 11) is 0. The zero-order valence-electron chi connectivity index (χ0n) is 16.5. The normalized spacial score (nSPS) is 23.4. The van der Waals surface area contributed by atoms with Crippen molar-refractivity contribution in [1.82, 2.24) is 20.7 Å². The number of carbonyl (C=O) groups is 2. The van der Waals surface area contributed by atoms with Gasteiger partial charge in [0.25, 0.3) is 5.91 Å². The first-order valence-corrected chi connectivity index (χ1v) is 9.63. The Morgan fingerprint density at radius 3 is 2.48 bits per heavy atom. The fourth-order valence-electron chi connectivity index (χ4n) is 3.94. The van der Waals surface area contributed by atoms with Crippen LogP contribution < -0.4 is 16.1 Å². The third-order valence-electron chi connectivity index (χ3n) is 5.39. The molecule has 0 aliphatic carbocycles. The molecule has 1 aromatic heterocycles. The van der Waals surface area contributed by atoms with Gasteiger partial charge in [0.05, 0.1) is 12.3 Å². The van der Waals surface area contributed by atoms with Crippen LogP contribution >= 0.6 is 0 Å². The first-order chi connectivity index (χ1) is 14.8. The number of allylic oxidation sites excluding steroid dienone is 1. The van der Waals surface area contributed by atoms with E-state index < -0.39 is 36.1 Å². The highest BCUT2D eigenvalue weighted by Crippen LogP contribution is 2.41. The maximum absolute atomic E-state index is 13.8. The van der Waals surface area contributed by atoms with Crippen LogP contribution in [0.2, 0.25) is 0 Å². The molecule has 0 radical (unpaired) electrons. The van der Waals surface area contributed by atoms with Crippen LogP contribution in [0, 0.1) is 0 Å². The molecule has 0 bridgehead atoms. The summed E-state index contributed by atoms with van der Waals surface area (Å²) in [6.07, 6.45) is -2.78. The molecule has 1 saturated heterocycles. The number of benzene rings is 1. The van der Waals surface area contributed by atoms with E-state index in [1.807, 2.05) is 0 Å². The molecule has 3 atom stereocenters. The number of carbonyl (C=O) groups excluding carboxylic acids is 2. The van der Waals surface area contributed by atoms with Crippen molar-refractivity contribution >= 4 is 17.5 Å². The van der Waals surface area contributed by atoms with Gasteiger partial charge in [-0.05, 0) is 24.6 Å². The fraction of sp³-hybridized carbons (Fsp3) is 0.286. The van der Waals surface area contributed by atoms with Gasteiger partial charge in [-0.25, -0.2) is 5.43 Å². The number of rotatable bonds is 4. The molecule has 2 aliphatic heterocycles. The molecule has 162 valence electrons. The minimum absolute atomic E-state index is 0.102. The molecule has 7 nitrogen and oxygen atoms in total. The highest BCUT2D eigenvalue weighted by atomic mass is 19.4. The summed E-state index contributed by atoms with van der Waals surface area (Å²) < 4.78 is 41.4. The fourth-order valence-corrected chi connectivity index (χ4v) is 3.94. The lowest BCUT2D eigenvalue weighted by Gasteiger charge is -2.35. The van der Waals surface area contributed by atoms with Crippen LogP contribution in [0.1, 0.15) is 24.8 Å². The Bertz CT molecular complexity index is 1010. The predicted molar refractivity (Wildman–Crippen MR) is 106 cm³/mol. The first kappa shape index (κ1) is 20.9. The van der Waals surface area contributed by atoms with Gasteiger partial charge in [0, 0.05) is 29.4 Å². The minimum Gasteiger partial charge on any atom is -0.367 e. The quantitative estimate of drug-likeness (QED) is 0.693. The molecule has 31 heavy (non-hydrogen) atoms. The number of fused-ring (bicyclic) bond motifs is 1. The highest BCUT2D eigenvalue weighted by molar-refractivity contribution is 6.03. The number of amides is 2. The number of aromatic nitrogens is 1. The molecular formula is C21H20F3N5O2. The molecule has 10 heteroatoms. The Kier molecular flexibility index (Phi) is 5.40. The van der Waals surface area contributed by atoms with Gasteiger partial charge < -0.3 is 10.6 Å². The third kappa shape index (κ3) is 4.11. The van der Waals surface area contributed by atoms with E-state index in [0.717, 1.165) is 5.01 Å². The second-order valence-corrected chi connectivity index (χ2v) is 7.41. The first-order valence-electron chi connectivity index (χ1n) is 9.63. The second kappa shape index (κ2) is 8.03. The summed E-state index contributed by atoms with van der Waals surface area (Å²) in [4.78, 5) is 29.3. The average molecular weight is 431 g/mol. The van der Waals surface area contributed by atoms with Gasteiger partial charge in [-0.3, -0.25) is 19.6 Å². The van der Waals surface area contributed by atoms with Crippen molar-refractivity contribution in [3.05, 3.63) is 71.7 Å². The Morgan fingerprint density at radius 2 is 1.84 bits per heavy atom. The van der Waals surface area contributed by atoms with E-state index >= 15 is 0 Å². The molecule has 2 aromatic rings. The standard InChI is InChI=1S/C21H20F3N5O2/c1-12-15(11-16(30)27-14-7-9-25-10-8-14)20(31)29-19(26-12)17(13-5-3-2-4-6-13)18(28-29)21(22,23)24/h2-10,17-19,26,28H,11H2,1H3,(H,25,27,30). The van der Waals surface area contributed by atoms with Gasteiger partial charge in [0.1, 0.15) is 12.2 Å². The van der Waals surface area contributed by atoms with Crippen LogP contribution in [-0.4, -0.2) is 40.2 Å². The number of nitrogens with one attached hydrogen (secondary N) is 3. The number of halogens is 3. The average Bonchev–Trinajstić information content (AvgIpc) is 3.12. The monoisotopic (exact) mass is 431 g/mol. The number of nitrogens with zero attached hydrogens (tertiary/aromatic N) is 2. The smallest absolute Gasteiger partial charge is 0.367 e. The molecule has 1 fully saturated rings. The van der Waals surface area contributed by atoms with Crippen molar-refractivity contribution in [3.63, 3.8) is 0 Å². The van der Waals surface area contributed by atoms with Crippen molar-refractivity contribution in [1.29, 1.82) is 0 Å². The number of pyridine rings is 1. The second-order valence-electron chi connectivity index (χ2n) is 7.41. The van der Waals surface area contributed by atoms with E-state index in [0.29, 0.717) is 16.9 Å². The number of hydrogen-bond donors (Lipinski definition) is 3. The molecule has 2 aliphatic rings. The third-order valence-corrected chi connectivity index (χ3v) is 5.39. The highest BCUT2D eigenvalue weighted by Gasteiger charge is 2.57. The van der Waals surface area contributed by atoms with Crippen LogP contribution in [0.5, 0.6) is 0 Å². The molecule has 0 saturated carbocycles. The molecule has 3 N–H and O–H groups in total.